The SMILES string of the molecule is CCNC(=NCc1ncnn1C)N1CCC2(CCC2)C1. The lowest BCUT2D eigenvalue weighted by atomic mass is 9.68. The molecule has 0 unspecified atom stereocenters. The van der Waals surface area contributed by atoms with Crippen molar-refractivity contribution in [3.05, 3.63) is 12.2 Å². The van der Waals surface area contributed by atoms with Crippen LogP contribution in [0, 0.1) is 5.41 Å². The lowest BCUT2D eigenvalue weighted by Gasteiger charge is -2.38. The van der Waals surface area contributed by atoms with Crippen molar-refractivity contribution in [2.75, 3.05) is 19.6 Å². The Hall–Kier alpha value is -1.59. The number of nitrogens with zero attached hydrogens (tertiary/aromatic N) is 5. The highest BCUT2D eigenvalue weighted by atomic mass is 15.3. The first-order valence-corrected chi connectivity index (χ1v) is 7.59. The standard InChI is InChI=1S/C14H24N6/c1-3-15-13(16-9-12-17-11-18-19(12)2)20-8-7-14(10-20)5-4-6-14/h11H,3-10H2,1-2H3,(H,15,16). The van der Waals surface area contributed by atoms with Crippen molar-refractivity contribution in [3.63, 3.8) is 0 Å². The van der Waals surface area contributed by atoms with Crippen LogP contribution in [-0.4, -0.2) is 45.3 Å². The van der Waals surface area contributed by atoms with Crippen molar-refractivity contribution in [2.45, 2.75) is 39.2 Å². The molecule has 0 aromatic carbocycles. The molecule has 2 fully saturated rings. The summed E-state index contributed by atoms with van der Waals surface area (Å²) in [5.41, 5.74) is 0.598. The summed E-state index contributed by atoms with van der Waals surface area (Å²) in [4.78, 5) is 11.4. The monoisotopic (exact) mass is 276 g/mol. The van der Waals surface area contributed by atoms with Crippen LogP contribution >= 0.6 is 0 Å². The Labute approximate surface area is 120 Å². The van der Waals surface area contributed by atoms with Crippen LogP contribution in [0.25, 0.3) is 0 Å². The predicted octanol–water partition coefficient (Wildman–Crippen LogP) is 1.16. The van der Waals surface area contributed by atoms with E-state index in [9.17, 15) is 0 Å². The van der Waals surface area contributed by atoms with Gasteiger partial charge in [-0.05, 0) is 31.6 Å². The van der Waals surface area contributed by atoms with Gasteiger partial charge in [-0.15, -0.1) is 0 Å². The smallest absolute Gasteiger partial charge is 0.194 e. The van der Waals surface area contributed by atoms with E-state index in [-0.39, 0.29) is 0 Å². The summed E-state index contributed by atoms with van der Waals surface area (Å²) in [6, 6.07) is 0. The van der Waals surface area contributed by atoms with Gasteiger partial charge >= 0.3 is 0 Å². The minimum Gasteiger partial charge on any atom is -0.357 e. The summed E-state index contributed by atoms with van der Waals surface area (Å²) < 4.78 is 1.78. The second-order valence-electron chi connectivity index (χ2n) is 6.00. The van der Waals surface area contributed by atoms with Gasteiger partial charge in [0.2, 0.25) is 0 Å². The lowest BCUT2D eigenvalue weighted by molar-refractivity contribution is 0.151. The van der Waals surface area contributed by atoms with Crippen LogP contribution in [0.15, 0.2) is 11.3 Å². The molecule has 3 rings (SSSR count). The summed E-state index contributed by atoms with van der Waals surface area (Å²) in [5.74, 6) is 1.93. The first-order chi connectivity index (χ1) is 9.72. The number of likely N-dealkylation sites (tertiary alicyclic amines) is 1. The molecule has 0 bridgehead atoms. The maximum Gasteiger partial charge on any atom is 0.194 e. The number of aryl methyl sites for hydroxylation is 1. The van der Waals surface area contributed by atoms with E-state index in [0.29, 0.717) is 12.0 Å². The van der Waals surface area contributed by atoms with E-state index in [1.807, 2.05) is 7.05 Å². The van der Waals surface area contributed by atoms with Gasteiger partial charge in [0.15, 0.2) is 5.96 Å². The quantitative estimate of drug-likeness (QED) is 0.665. The third kappa shape index (κ3) is 2.51. The molecule has 2 heterocycles. The summed E-state index contributed by atoms with van der Waals surface area (Å²) in [7, 11) is 1.91. The first-order valence-electron chi connectivity index (χ1n) is 7.59. The normalized spacial score (nSPS) is 21.3. The number of aromatic nitrogens is 3. The maximum absolute atomic E-state index is 4.73. The average Bonchev–Trinajstić information content (AvgIpc) is 3.01. The molecule has 0 atom stereocenters. The van der Waals surface area contributed by atoms with Crippen LogP contribution in [0.2, 0.25) is 0 Å². The largest absolute Gasteiger partial charge is 0.357 e. The molecule has 1 aromatic heterocycles. The van der Waals surface area contributed by atoms with Gasteiger partial charge < -0.3 is 10.2 Å². The first kappa shape index (κ1) is 13.4. The van der Waals surface area contributed by atoms with Crippen LogP contribution in [0.1, 0.15) is 38.4 Å². The number of hydrogen-bond donors (Lipinski definition) is 1. The van der Waals surface area contributed by atoms with Gasteiger partial charge in [0.05, 0.1) is 0 Å². The van der Waals surface area contributed by atoms with Crippen LogP contribution in [0.4, 0.5) is 0 Å². The Morgan fingerprint density at radius 1 is 1.45 bits per heavy atom. The van der Waals surface area contributed by atoms with Gasteiger partial charge in [-0.25, -0.2) is 9.98 Å². The highest BCUT2D eigenvalue weighted by Crippen LogP contribution is 2.47. The topological polar surface area (TPSA) is 58.3 Å². The fourth-order valence-corrected chi connectivity index (χ4v) is 3.24. The fraction of sp³-hybridized carbons (Fsp3) is 0.786. The van der Waals surface area contributed by atoms with Gasteiger partial charge in [-0.1, -0.05) is 6.42 Å². The van der Waals surface area contributed by atoms with Gasteiger partial charge in [0, 0.05) is 26.7 Å². The Kier molecular flexibility index (Phi) is 3.63. The van der Waals surface area contributed by atoms with Crippen molar-refractivity contribution < 1.29 is 0 Å². The summed E-state index contributed by atoms with van der Waals surface area (Å²) in [6.07, 6.45) is 7.09. The van der Waals surface area contributed by atoms with E-state index in [4.69, 9.17) is 4.99 Å². The second-order valence-corrected chi connectivity index (χ2v) is 6.00. The van der Waals surface area contributed by atoms with Gasteiger partial charge in [0.25, 0.3) is 0 Å². The fourth-order valence-electron chi connectivity index (χ4n) is 3.24. The van der Waals surface area contributed by atoms with E-state index in [1.54, 1.807) is 11.0 Å². The average molecular weight is 276 g/mol. The molecule has 6 nitrogen and oxygen atoms in total. The van der Waals surface area contributed by atoms with Gasteiger partial charge in [0.1, 0.15) is 18.7 Å². The van der Waals surface area contributed by atoms with Crippen LogP contribution in [0.3, 0.4) is 0 Å². The summed E-state index contributed by atoms with van der Waals surface area (Å²) >= 11 is 0. The van der Waals surface area contributed by atoms with Crippen LogP contribution in [0.5, 0.6) is 0 Å². The van der Waals surface area contributed by atoms with E-state index >= 15 is 0 Å². The molecule has 0 radical (unpaired) electrons. The number of nitrogens with one attached hydrogen (secondary N) is 1. The van der Waals surface area contributed by atoms with Gasteiger partial charge in [-0.3, -0.25) is 4.68 Å². The molecule has 1 spiro atoms. The Morgan fingerprint density at radius 2 is 2.30 bits per heavy atom. The van der Waals surface area contributed by atoms with Crippen molar-refractivity contribution >= 4 is 5.96 Å². The molecule has 0 amide bonds. The molecule has 110 valence electrons. The number of rotatable bonds is 3. The van der Waals surface area contributed by atoms with Crippen LogP contribution in [-0.2, 0) is 13.6 Å². The third-order valence-electron chi connectivity index (χ3n) is 4.66. The molecule has 2 aliphatic rings. The van der Waals surface area contributed by atoms with E-state index in [1.165, 1.54) is 25.7 Å². The van der Waals surface area contributed by atoms with Crippen molar-refractivity contribution in [1.29, 1.82) is 0 Å². The Morgan fingerprint density at radius 3 is 2.85 bits per heavy atom. The minimum atomic E-state index is 0.586. The maximum atomic E-state index is 4.73. The molecule has 20 heavy (non-hydrogen) atoms. The molecular weight excluding hydrogens is 252 g/mol. The molecule has 1 aliphatic carbocycles. The molecule has 1 saturated carbocycles. The van der Waals surface area contributed by atoms with Crippen LogP contribution < -0.4 is 5.32 Å². The highest BCUT2D eigenvalue weighted by molar-refractivity contribution is 5.80. The minimum absolute atomic E-state index is 0.586. The molecular formula is C14H24N6. The Balaban J connectivity index is 1.67. The number of aliphatic imine (C=N–C) groups is 1. The lowest BCUT2D eigenvalue weighted by Crippen LogP contribution is -2.42. The molecule has 1 N–H and O–H groups in total. The summed E-state index contributed by atoms with van der Waals surface area (Å²) in [6.45, 7) is 5.90. The van der Waals surface area contributed by atoms with E-state index in [0.717, 1.165) is 31.4 Å². The van der Waals surface area contributed by atoms with E-state index in [2.05, 4.69) is 27.2 Å². The Bertz CT molecular complexity index is 488. The zero-order valence-electron chi connectivity index (χ0n) is 12.5. The second kappa shape index (κ2) is 5.42. The highest BCUT2D eigenvalue weighted by Gasteiger charge is 2.43. The molecule has 1 saturated heterocycles. The zero-order valence-corrected chi connectivity index (χ0v) is 12.5. The zero-order chi connectivity index (χ0) is 14.0. The third-order valence-corrected chi connectivity index (χ3v) is 4.66. The van der Waals surface area contributed by atoms with Crippen molar-refractivity contribution in [3.8, 4) is 0 Å². The molecule has 1 aromatic rings. The van der Waals surface area contributed by atoms with E-state index < -0.39 is 0 Å². The summed E-state index contributed by atoms with van der Waals surface area (Å²) in [5, 5.41) is 7.50. The number of guanidine groups is 1. The number of hydrogen-bond acceptors (Lipinski definition) is 3. The predicted molar refractivity (Wildman–Crippen MR) is 78.3 cm³/mol. The molecule has 1 aliphatic heterocycles. The van der Waals surface area contributed by atoms with Crippen molar-refractivity contribution in [2.24, 2.45) is 17.5 Å². The van der Waals surface area contributed by atoms with Gasteiger partial charge in [-0.2, -0.15) is 5.10 Å². The molecule has 6 heteroatoms. The van der Waals surface area contributed by atoms with Crippen molar-refractivity contribution in [1.82, 2.24) is 25.0 Å².